The molecule has 120 valence electrons. The van der Waals surface area contributed by atoms with Crippen LogP contribution in [-0.4, -0.2) is 34.0 Å². The van der Waals surface area contributed by atoms with Gasteiger partial charge in [-0.1, -0.05) is 13.8 Å². The van der Waals surface area contributed by atoms with Crippen LogP contribution in [0.25, 0.3) is 0 Å². The highest BCUT2D eigenvalue weighted by molar-refractivity contribution is 7.89. The number of carbonyl (C=O) groups is 1. The summed E-state index contributed by atoms with van der Waals surface area (Å²) in [6.07, 6.45) is 0. The molecule has 8 heteroatoms. The Morgan fingerprint density at radius 2 is 1.95 bits per heavy atom. The van der Waals surface area contributed by atoms with E-state index in [9.17, 15) is 13.2 Å². The van der Waals surface area contributed by atoms with Crippen molar-refractivity contribution in [2.24, 2.45) is 5.92 Å². The molecule has 0 aromatic carbocycles. The molecular weight excluding hydrogens is 294 g/mol. The van der Waals surface area contributed by atoms with Gasteiger partial charge in [-0.2, -0.15) is 0 Å². The standard InChI is InChI=1S/C13H23N3O4S/c1-9(2)7-16-13(17)10(3)15-8-11-5-6-12(20-11)21(18,19)14-4/h5-6,9-10,14-15H,7-8H2,1-4H3,(H,16,17). The molecule has 1 aromatic rings. The summed E-state index contributed by atoms with van der Waals surface area (Å²) in [5.41, 5.74) is 0. The smallest absolute Gasteiger partial charge is 0.273 e. The number of amides is 1. The van der Waals surface area contributed by atoms with Gasteiger partial charge in [-0.3, -0.25) is 10.1 Å². The molecule has 1 aromatic heterocycles. The molecule has 0 aliphatic carbocycles. The maximum Gasteiger partial charge on any atom is 0.273 e. The second-order valence-electron chi connectivity index (χ2n) is 5.17. The molecule has 0 spiro atoms. The predicted octanol–water partition coefficient (Wildman–Crippen LogP) is 0.438. The van der Waals surface area contributed by atoms with E-state index in [0.717, 1.165) is 0 Å². The molecule has 0 saturated heterocycles. The topological polar surface area (TPSA) is 100 Å². The summed E-state index contributed by atoms with van der Waals surface area (Å²) in [5, 5.41) is 5.66. The zero-order valence-corrected chi connectivity index (χ0v) is 13.6. The Bertz CT molecular complexity index is 566. The maximum absolute atomic E-state index is 11.8. The molecule has 1 rings (SSSR count). The van der Waals surface area contributed by atoms with E-state index in [0.29, 0.717) is 18.2 Å². The normalized spacial score (nSPS) is 13.4. The van der Waals surface area contributed by atoms with Crippen molar-refractivity contribution >= 4 is 15.9 Å². The monoisotopic (exact) mass is 317 g/mol. The molecule has 0 radical (unpaired) electrons. The number of rotatable bonds is 8. The van der Waals surface area contributed by atoms with Crippen molar-refractivity contribution in [3.63, 3.8) is 0 Å². The summed E-state index contributed by atoms with van der Waals surface area (Å²) in [6.45, 7) is 6.67. The van der Waals surface area contributed by atoms with E-state index < -0.39 is 16.1 Å². The van der Waals surface area contributed by atoms with Crippen molar-refractivity contribution in [1.29, 1.82) is 0 Å². The highest BCUT2D eigenvalue weighted by atomic mass is 32.2. The molecule has 0 fully saturated rings. The first-order chi connectivity index (χ1) is 9.76. The highest BCUT2D eigenvalue weighted by Crippen LogP contribution is 2.13. The van der Waals surface area contributed by atoms with Gasteiger partial charge in [-0.25, -0.2) is 13.1 Å². The van der Waals surface area contributed by atoms with Crippen molar-refractivity contribution in [3.8, 4) is 0 Å². The molecule has 0 saturated carbocycles. The zero-order valence-electron chi connectivity index (χ0n) is 12.8. The van der Waals surface area contributed by atoms with E-state index in [-0.39, 0.29) is 17.5 Å². The van der Waals surface area contributed by atoms with Crippen molar-refractivity contribution in [1.82, 2.24) is 15.4 Å². The van der Waals surface area contributed by atoms with E-state index in [4.69, 9.17) is 4.42 Å². The Labute approximate surface area is 125 Å². The summed E-state index contributed by atoms with van der Waals surface area (Å²) >= 11 is 0. The third-order valence-corrected chi connectivity index (χ3v) is 4.12. The van der Waals surface area contributed by atoms with Crippen LogP contribution in [0.3, 0.4) is 0 Å². The Kier molecular flexibility index (Phi) is 6.38. The Morgan fingerprint density at radius 3 is 2.52 bits per heavy atom. The van der Waals surface area contributed by atoms with Gasteiger partial charge >= 0.3 is 0 Å². The van der Waals surface area contributed by atoms with Gasteiger partial charge in [-0.15, -0.1) is 0 Å². The lowest BCUT2D eigenvalue weighted by atomic mass is 10.2. The molecule has 1 atom stereocenters. The van der Waals surface area contributed by atoms with E-state index in [2.05, 4.69) is 15.4 Å². The quantitative estimate of drug-likeness (QED) is 0.646. The van der Waals surface area contributed by atoms with Crippen molar-refractivity contribution in [3.05, 3.63) is 17.9 Å². The van der Waals surface area contributed by atoms with Crippen molar-refractivity contribution in [2.75, 3.05) is 13.6 Å². The number of hydrogen-bond donors (Lipinski definition) is 3. The number of sulfonamides is 1. The van der Waals surface area contributed by atoms with Gasteiger partial charge in [0.25, 0.3) is 10.0 Å². The van der Waals surface area contributed by atoms with E-state index in [1.54, 1.807) is 13.0 Å². The van der Waals surface area contributed by atoms with Crippen LogP contribution in [0.15, 0.2) is 21.6 Å². The van der Waals surface area contributed by atoms with Gasteiger partial charge in [0.05, 0.1) is 12.6 Å². The fourth-order valence-corrected chi connectivity index (χ4v) is 2.17. The zero-order chi connectivity index (χ0) is 16.0. The lowest BCUT2D eigenvalue weighted by molar-refractivity contribution is -0.122. The fourth-order valence-electron chi connectivity index (χ4n) is 1.50. The van der Waals surface area contributed by atoms with E-state index in [1.165, 1.54) is 13.1 Å². The third-order valence-electron chi connectivity index (χ3n) is 2.83. The average Bonchev–Trinajstić information content (AvgIpc) is 2.91. The van der Waals surface area contributed by atoms with Gasteiger partial charge in [0.15, 0.2) is 0 Å². The lowest BCUT2D eigenvalue weighted by Crippen LogP contribution is -2.42. The Hall–Kier alpha value is -1.38. The highest BCUT2D eigenvalue weighted by Gasteiger charge is 2.17. The predicted molar refractivity (Wildman–Crippen MR) is 79.1 cm³/mol. The third kappa shape index (κ3) is 5.49. The number of nitrogens with one attached hydrogen (secondary N) is 3. The molecule has 0 aliphatic rings. The average molecular weight is 317 g/mol. The Balaban J connectivity index is 2.50. The van der Waals surface area contributed by atoms with Gasteiger partial charge in [0.1, 0.15) is 5.76 Å². The van der Waals surface area contributed by atoms with Crippen LogP contribution in [0.5, 0.6) is 0 Å². The molecule has 1 heterocycles. The maximum atomic E-state index is 11.8. The minimum absolute atomic E-state index is 0.0988. The van der Waals surface area contributed by atoms with E-state index in [1.807, 2.05) is 13.8 Å². The first kappa shape index (κ1) is 17.7. The molecule has 7 nitrogen and oxygen atoms in total. The first-order valence-electron chi connectivity index (χ1n) is 6.79. The van der Waals surface area contributed by atoms with Crippen molar-refractivity contribution in [2.45, 2.75) is 38.5 Å². The number of furan rings is 1. The molecule has 21 heavy (non-hydrogen) atoms. The second kappa shape index (κ2) is 7.58. The summed E-state index contributed by atoms with van der Waals surface area (Å²) in [6, 6.07) is 2.56. The summed E-state index contributed by atoms with van der Waals surface area (Å²) in [7, 11) is -2.26. The molecule has 1 unspecified atom stereocenters. The van der Waals surface area contributed by atoms with Gasteiger partial charge < -0.3 is 9.73 Å². The Morgan fingerprint density at radius 1 is 1.29 bits per heavy atom. The number of hydrogen-bond acceptors (Lipinski definition) is 5. The molecule has 3 N–H and O–H groups in total. The lowest BCUT2D eigenvalue weighted by Gasteiger charge is -2.14. The van der Waals surface area contributed by atoms with Crippen LogP contribution >= 0.6 is 0 Å². The molecule has 1 amide bonds. The summed E-state index contributed by atoms with van der Waals surface area (Å²) < 4.78 is 30.4. The van der Waals surface area contributed by atoms with Crippen LogP contribution < -0.4 is 15.4 Å². The largest absolute Gasteiger partial charge is 0.447 e. The number of carbonyl (C=O) groups excluding carboxylic acids is 1. The van der Waals surface area contributed by atoms with Crippen LogP contribution in [0, 0.1) is 5.92 Å². The summed E-state index contributed by atoms with van der Waals surface area (Å²) in [4.78, 5) is 11.8. The first-order valence-corrected chi connectivity index (χ1v) is 8.28. The SMILES string of the molecule is CNS(=O)(=O)c1ccc(CNC(C)C(=O)NCC(C)C)o1. The second-order valence-corrected chi connectivity index (χ2v) is 6.99. The van der Waals surface area contributed by atoms with Crippen LogP contribution in [0.4, 0.5) is 0 Å². The van der Waals surface area contributed by atoms with Crippen LogP contribution in [-0.2, 0) is 21.4 Å². The van der Waals surface area contributed by atoms with Crippen LogP contribution in [0.1, 0.15) is 26.5 Å². The minimum atomic E-state index is -3.57. The minimum Gasteiger partial charge on any atom is -0.447 e. The molecule has 0 aliphatic heterocycles. The van der Waals surface area contributed by atoms with Crippen LogP contribution in [0.2, 0.25) is 0 Å². The fraction of sp³-hybridized carbons (Fsp3) is 0.615. The van der Waals surface area contributed by atoms with E-state index >= 15 is 0 Å². The molecule has 0 bridgehead atoms. The van der Waals surface area contributed by atoms with Gasteiger partial charge in [-0.05, 0) is 32.0 Å². The van der Waals surface area contributed by atoms with Gasteiger partial charge in [0, 0.05) is 6.54 Å². The van der Waals surface area contributed by atoms with Crippen molar-refractivity contribution < 1.29 is 17.6 Å². The summed E-state index contributed by atoms with van der Waals surface area (Å²) in [5.74, 6) is 0.742. The molecular formula is C13H23N3O4S. The van der Waals surface area contributed by atoms with Gasteiger partial charge in [0.2, 0.25) is 11.0 Å².